The van der Waals surface area contributed by atoms with Crippen LogP contribution in [0.2, 0.25) is 12.6 Å². The van der Waals surface area contributed by atoms with Crippen LogP contribution in [-0.2, 0) is 11.0 Å². The molecule has 2 rings (SSSR count). The van der Waals surface area contributed by atoms with Gasteiger partial charge in [0.25, 0.3) is 0 Å². The van der Waals surface area contributed by atoms with Gasteiger partial charge in [0.1, 0.15) is 5.75 Å². The molecule has 1 atom stereocenters. The van der Waals surface area contributed by atoms with Crippen molar-refractivity contribution < 1.29 is 8.85 Å². The summed E-state index contributed by atoms with van der Waals surface area (Å²) in [6, 6.07) is 8.88. The summed E-state index contributed by atoms with van der Waals surface area (Å²) in [7, 11) is -2.01. The van der Waals surface area contributed by atoms with E-state index in [1.54, 1.807) is 0 Å². The predicted molar refractivity (Wildman–Crippen MR) is 58.5 cm³/mol. The number of benzene rings is 1. The first-order valence-corrected chi connectivity index (χ1v) is 7.28. The van der Waals surface area contributed by atoms with E-state index in [0.717, 1.165) is 17.4 Å². The third-order valence-corrected chi connectivity index (χ3v) is 4.78. The SMILES string of the molecule is C=CC[Si]1(C)OCc2ccccc2O1. The molecule has 1 aromatic rings. The van der Waals surface area contributed by atoms with Crippen molar-refractivity contribution in [1.29, 1.82) is 0 Å². The average Bonchev–Trinajstić information content (AvgIpc) is 2.17. The van der Waals surface area contributed by atoms with Crippen molar-refractivity contribution in [3.05, 3.63) is 42.5 Å². The fourth-order valence-corrected chi connectivity index (χ4v) is 3.49. The van der Waals surface area contributed by atoms with Crippen LogP contribution in [0.5, 0.6) is 5.75 Å². The van der Waals surface area contributed by atoms with Crippen molar-refractivity contribution in [2.24, 2.45) is 0 Å². The Kier molecular flexibility index (Phi) is 2.44. The van der Waals surface area contributed by atoms with E-state index in [1.165, 1.54) is 0 Å². The molecule has 0 aliphatic carbocycles. The maximum atomic E-state index is 5.91. The van der Waals surface area contributed by atoms with Gasteiger partial charge in [-0.15, -0.1) is 6.58 Å². The molecule has 3 heteroatoms. The lowest BCUT2D eigenvalue weighted by Gasteiger charge is -2.32. The molecular formula is C11H14O2Si. The second-order valence-corrected chi connectivity index (χ2v) is 6.79. The molecule has 1 unspecified atom stereocenters. The summed E-state index contributed by atoms with van der Waals surface area (Å²) < 4.78 is 11.7. The van der Waals surface area contributed by atoms with Crippen LogP contribution in [0, 0.1) is 0 Å². The second-order valence-electron chi connectivity index (χ2n) is 3.63. The van der Waals surface area contributed by atoms with Gasteiger partial charge in [-0.3, -0.25) is 0 Å². The van der Waals surface area contributed by atoms with E-state index >= 15 is 0 Å². The molecule has 74 valence electrons. The molecule has 14 heavy (non-hydrogen) atoms. The van der Waals surface area contributed by atoms with Crippen LogP contribution in [-0.4, -0.2) is 8.56 Å². The van der Waals surface area contributed by atoms with E-state index in [-0.39, 0.29) is 0 Å². The van der Waals surface area contributed by atoms with Crippen molar-refractivity contribution in [3.63, 3.8) is 0 Å². The normalized spacial score (nSPS) is 24.9. The van der Waals surface area contributed by atoms with Gasteiger partial charge in [-0.25, -0.2) is 0 Å². The zero-order valence-corrected chi connectivity index (χ0v) is 9.32. The van der Waals surface area contributed by atoms with Crippen LogP contribution in [0.4, 0.5) is 0 Å². The number of para-hydroxylation sites is 1. The molecule has 0 bridgehead atoms. The topological polar surface area (TPSA) is 18.5 Å². The Bertz CT molecular complexity index is 351. The zero-order chi connectivity index (χ0) is 10.0. The van der Waals surface area contributed by atoms with Gasteiger partial charge in [-0.1, -0.05) is 24.3 Å². The zero-order valence-electron chi connectivity index (χ0n) is 8.32. The highest BCUT2D eigenvalue weighted by Gasteiger charge is 2.36. The first-order valence-electron chi connectivity index (χ1n) is 4.75. The Labute approximate surface area is 85.4 Å². The number of rotatable bonds is 2. The first kappa shape index (κ1) is 9.49. The predicted octanol–water partition coefficient (Wildman–Crippen LogP) is 2.85. The summed E-state index contributed by atoms with van der Waals surface area (Å²) in [4.78, 5) is 0. The maximum absolute atomic E-state index is 5.91. The minimum absolute atomic E-state index is 0.673. The molecule has 1 aliphatic heterocycles. The van der Waals surface area contributed by atoms with Crippen molar-refractivity contribution in [1.82, 2.24) is 0 Å². The number of hydrogen-bond acceptors (Lipinski definition) is 2. The summed E-state index contributed by atoms with van der Waals surface area (Å²) in [6.07, 6.45) is 1.88. The largest absolute Gasteiger partial charge is 0.520 e. The molecule has 0 fully saturated rings. The van der Waals surface area contributed by atoms with E-state index in [1.807, 2.05) is 30.3 Å². The number of fused-ring (bicyclic) bond motifs is 1. The Balaban J connectivity index is 2.24. The minimum Gasteiger partial charge on any atom is -0.520 e. The molecule has 0 saturated heterocycles. The summed E-state index contributed by atoms with van der Waals surface area (Å²) in [5.41, 5.74) is 1.14. The number of allylic oxidation sites excluding steroid dienone is 1. The molecule has 0 N–H and O–H groups in total. The Morgan fingerprint density at radius 3 is 3.07 bits per heavy atom. The molecule has 0 spiro atoms. The fourth-order valence-electron chi connectivity index (χ4n) is 1.58. The Hall–Kier alpha value is -1.06. The minimum atomic E-state index is -2.01. The lowest BCUT2D eigenvalue weighted by molar-refractivity contribution is 0.208. The van der Waals surface area contributed by atoms with E-state index < -0.39 is 8.56 Å². The average molecular weight is 206 g/mol. The van der Waals surface area contributed by atoms with Crippen LogP contribution >= 0.6 is 0 Å². The maximum Gasteiger partial charge on any atom is 0.399 e. The van der Waals surface area contributed by atoms with Gasteiger partial charge in [-0.2, -0.15) is 0 Å². The van der Waals surface area contributed by atoms with Crippen LogP contribution < -0.4 is 4.43 Å². The smallest absolute Gasteiger partial charge is 0.399 e. The van der Waals surface area contributed by atoms with Gasteiger partial charge in [0.15, 0.2) is 0 Å². The monoisotopic (exact) mass is 206 g/mol. The third kappa shape index (κ3) is 1.74. The van der Waals surface area contributed by atoms with E-state index in [2.05, 4.69) is 13.1 Å². The van der Waals surface area contributed by atoms with Gasteiger partial charge in [0.2, 0.25) is 0 Å². The highest BCUT2D eigenvalue weighted by molar-refractivity contribution is 6.67. The quantitative estimate of drug-likeness (QED) is 0.547. The fraction of sp³-hybridized carbons (Fsp3) is 0.273. The van der Waals surface area contributed by atoms with Crippen molar-refractivity contribution in [2.45, 2.75) is 19.2 Å². The molecular weight excluding hydrogens is 192 g/mol. The van der Waals surface area contributed by atoms with Crippen LogP contribution in [0.25, 0.3) is 0 Å². The van der Waals surface area contributed by atoms with E-state index in [9.17, 15) is 0 Å². The Morgan fingerprint density at radius 1 is 1.50 bits per heavy atom. The molecule has 1 heterocycles. The first-order chi connectivity index (χ1) is 6.73. The summed E-state index contributed by atoms with van der Waals surface area (Å²) in [6.45, 7) is 6.48. The molecule has 0 radical (unpaired) electrons. The molecule has 1 aromatic carbocycles. The van der Waals surface area contributed by atoms with Gasteiger partial charge >= 0.3 is 8.56 Å². The van der Waals surface area contributed by atoms with E-state index in [0.29, 0.717) is 6.61 Å². The number of hydrogen-bond donors (Lipinski definition) is 0. The Morgan fingerprint density at radius 2 is 2.29 bits per heavy atom. The third-order valence-electron chi connectivity index (χ3n) is 2.35. The summed E-state index contributed by atoms with van der Waals surface area (Å²) in [5, 5.41) is 0. The highest BCUT2D eigenvalue weighted by Crippen LogP contribution is 2.30. The molecule has 0 aromatic heterocycles. The van der Waals surface area contributed by atoms with Crippen molar-refractivity contribution in [2.75, 3.05) is 0 Å². The lowest BCUT2D eigenvalue weighted by atomic mass is 10.2. The van der Waals surface area contributed by atoms with Crippen molar-refractivity contribution in [3.8, 4) is 5.75 Å². The van der Waals surface area contributed by atoms with E-state index in [4.69, 9.17) is 8.85 Å². The van der Waals surface area contributed by atoms with Crippen LogP contribution in [0.15, 0.2) is 36.9 Å². The molecule has 1 aliphatic rings. The van der Waals surface area contributed by atoms with Crippen molar-refractivity contribution >= 4 is 8.56 Å². The molecule has 0 saturated carbocycles. The summed E-state index contributed by atoms with van der Waals surface area (Å²) in [5.74, 6) is 0.981. The second kappa shape index (κ2) is 3.59. The molecule has 0 amide bonds. The van der Waals surface area contributed by atoms with Gasteiger partial charge in [0, 0.05) is 11.6 Å². The standard InChI is InChI=1S/C11H14O2Si/c1-3-8-14(2)12-9-10-6-4-5-7-11(10)13-14/h3-7H,1,8-9H2,2H3. The summed E-state index contributed by atoms with van der Waals surface area (Å²) >= 11 is 0. The molecule has 2 nitrogen and oxygen atoms in total. The van der Waals surface area contributed by atoms with Gasteiger partial charge in [0.05, 0.1) is 6.61 Å². The van der Waals surface area contributed by atoms with Gasteiger partial charge in [-0.05, 0) is 12.6 Å². The van der Waals surface area contributed by atoms with Crippen LogP contribution in [0.3, 0.4) is 0 Å². The lowest BCUT2D eigenvalue weighted by Crippen LogP contribution is -2.44. The van der Waals surface area contributed by atoms with Crippen LogP contribution in [0.1, 0.15) is 5.56 Å². The van der Waals surface area contributed by atoms with Gasteiger partial charge < -0.3 is 8.85 Å². The highest BCUT2D eigenvalue weighted by atomic mass is 28.4.